The molecule has 2 unspecified atom stereocenters. The van der Waals surface area contributed by atoms with E-state index >= 15 is 0 Å². The number of nitrogens with two attached hydrogens (primary N) is 1. The Bertz CT molecular complexity index is 234. The van der Waals surface area contributed by atoms with E-state index in [4.69, 9.17) is 10.5 Å². The maximum absolute atomic E-state index is 5.67. The highest BCUT2D eigenvalue weighted by Gasteiger charge is 2.11. The average Bonchev–Trinajstić information content (AvgIpc) is 2.47. The molecule has 0 rings (SSSR count). The Morgan fingerprint density at radius 2 is 2.00 bits per heavy atom. The van der Waals surface area contributed by atoms with Crippen LogP contribution in [0.5, 0.6) is 0 Å². The van der Waals surface area contributed by atoms with Gasteiger partial charge in [0.15, 0.2) is 0 Å². The predicted molar refractivity (Wildman–Crippen MR) is 87.8 cm³/mol. The van der Waals surface area contributed by atoms with Crippen molar-refractivity contribution in [3.8, 4) is 0 Å². The van der Waals surface area contributed by atoms with Crippen LogP contribution in [-0.4, -0.2) is 39.0 Å². The van der Waals surface area contributed by atoms with Crippen molar-refractivity contribution >= 4 is 0 Å². The van der Waals surface area contributed by atoms with Crippen LogP contribution in [0, 0.1) is 5.92 Å². The molecule has 3 atom stereocenters. The third-order valence-electron chi connectivity index (χ3n) is 3.46. The molecule has 0 aliphatic heterocycles. The second kappa shape index (κ2) is 13.6. The summed E-state index contributed by atoms with van der Waals surface area (Å²) in [6.07, 6.45) is 9.68. The molecule has 0 aromatic rings. The van der Waals surface area contributed by atoms with Crippen molar-refractivity contribution in [1.29, 1.82) is 0 Å². The van der Waals surface area contributed by atoms with Crippen LogP contribution < -0.4 is 16.4 Å². The smallest absolute Gasteiger partial charge is 0.0610 e. The second-order valence-corrected chi connectivity index (χ2v) is 5.47. The van der Waals surface area contributed by atoms with Gasteiger partial charge in [0.25, 0.3) is 0 Å². The molecule has 0 saturated carbocycles. The van der Waals surface area contributed by atoms with E-state index in [1.165, 1.54) is 6.42 Å². The molecule has 0 radical (unpaired) electrons. The first-order valence-electron chi connectivity index (χ1n) is 8.02. The fourth-order valence-electron chi connectivity index (χ4n) is 2.05. The molecule has 0 fully saturated rings. The Labute approximate surface area is 125 Å². The molecule has 4 heteroatoms. The number of rotatable bonds is 13. The van der Waals surface area contributed by atoms with Crippen LogP contribution >= 0.6 is 0 Å². The number of hydrogen-bond donors (Lipinski definition) is 3. The number of hydrogen-bond acceptors (Lipinski definition) is 4. The standard InChI is InChI=1S/C16H35N3O/c1-5-12-20-15(3)10-8-6-7-9-11-19-16(18-4)14(2)13-17/h7,9,14-16,18-19H,5-6,8,10-13,17H2,1-4H3/b9-7+/t14-,15?,16?/m1/s1. The highest BCUT2D eigenvalue weighted by atomic mass is 16.5. The number of nitrogens with one attached hydrogen (secondary N) is 2. The highest BCUT2D eigenvalue weighted by Crippen LogP contribution is 2.05. The third-order valence-corrected chi connectivity index (χ3v) is 3.46. The van der Waals surface area contributed by atoms with Gasteiger partial charge in [-0.2, -0.15) is 0 Å². The quantitative estimate of drug-likeness (QED) is 0.276. The molecule has 120 valence electrons. The van der Waals surface area contributed by atoms with E-state index in [2.05, 4.69) is 43.6 Å². The second-order valence-electron chi connectivity index (χ2n) is 5.47. The van der Waals surface area contributed by atoms with Crippen LogP contribution in [0.25, 0.3) is 0 Å². The molecular weight excluding hydrogens is 250 g/mol. The topological polar surface area (TPSA) is 59.3 Å². The Morgan fingerprint density at radius 1 is 1.25 bits per heavy atom. The van der Waals surface area contributed by atoms with Crippen LogP contribution in [0.3, 0.4) is 0 Å². The van der Waals surface area contributed by atoms with Gasteiger partial charge in [0, 0.05) is 13.2 Å². The van der Waals surface area contributed by atoms with Gasteiger partial charge >= 0.3 is 0 Å². The van der Waals surface area contributed by atoms with Crippen molar-refractivity contribution in [1.82, 2.24) is 10.6 Å². The van der Waals surface area contributed by atoms with E-state index in [9.17, 15) is 0 Å². The number of allylic oxidation sites excluding steroid dienone is 1. The number of unbranched alkanes of at least 4 members (excludes halogenated alkanes) is 1. The zero-order chi connectivity index (χ0) is 15.2. The van der Waals surface area contributed by atoms with E-state index in [-0.39, 0.29) is 6.17 Å². The summed E-state index contributed by atoms with van der Waals surface area (Å²) < 4.78 is 5.65. The molecule has 0 spiro atoms. The number of ether oxygens (including phenoxy) is 1. The zero-order valence-electron chi connectivity index (χ0n) is 13.8. The molecule has 0 bridgehead atoms. The van der Waals surface area contributed by atoms with Crippen LogP contribution in [-0.2, 0) is 4.74 Å². The van der Waals surface area contributed by atoms with Crippen LogP contribution in [0.15, 0.2) is 12.2 Å². The summed E-state index contributed by atoms with van der Waals surface area (Å²) in [6.45, 7) is 8.91. The van der Waals surface area contributed by atoms with Gasteiger partial charge in [0.05, 0.1) is 12.3 Å². The first kappa shape index (κ1) is 19.6. The summed E-state index contributed by atoms with van der Waals surface area (Å²) in [5, 5.41) is 6.69. The predicted octanol–water partition coefficient (Wildman–Crippen LogP) is 2.26. The van der Waals surface area contributed by atoms with E-state index < -0.39 is 0 Å². The van der Waals surface area contributed by atoms with Crippen LogP contribution in [0.2, 0.25) is 0 Å². The Hall–Kier alpha value is -0.420. The van der Waals surface area contributed by atoms with Gasteiger partial charge in [0.2, 0.25) is 0 Å². The minimum atomic E-state index is 0.284. The largest absolute Gasteiger partial charge is 0.379 e. The lowest BCUT2D eigenvalue weighted by atomic mass is 10.1. The third kappa shape index (κ3) is 10.4. The molecule has 0 saturated heterocycles. The van der Waals surface area contributed by atoms with Gasteiger partial charge in [0.1, 0.15) is 0 Å². The highest BCUT2D eigenvalue weighted by molar-refractivity contribution is 4.85. The fraction of sp³-hybridized carbons (Fsp3) is 0.875. The van der Waals surface area contributed by atoms with Gasteiger partial charge in [-0.3, -0.25) is 5.32 Å². The van der Waals surface area contributed by atoms with E-state index in [0.29, 0.717) is 18.6 Å². The summed E-state index contributed by atoms with van der Waals surface area (Å²) in [7, 11) is 1.96. The van der Waals surface area contributed by atoms with Crippen molar-refractivity contribution in [2.75, 3.05) is 26.7 Å². The Balaban J connectivity index is 3.56. The van der Waals surface area contributed by atoms with Crippen LogP contribution in [0.1, 0.15) is 46.5 Å². The molecule has 20 heavy (non-hydrogen) atoms. The van der Waals surface area contributed by atoms with Crippen molar-refractivity contribution < 1.29 is 4.74 Å². The maximum Gasteiger partial charge on any atom is 0.0610 e. The van der Waals surface area contributed by atoms with Gasteiger partial charge < -0.3 is 15.8 Å². The molecule has 0 heterocycles. The maximum atomic E-state index is 5.67. The van der Waals surface area contributed by atoms with E-state index in [1.807, 2.05) is 7.05 Å². The summed E-state index contributed by atoms with van der Waals surface area (Å²) in [6, 6.07) is 0. The fourth-order valence-corrected chi connectivity index (χ4v) is 2.05. The molecule has 0 amide bonds. The Kier molecular flexibility index (Phi) is 13.3. The van der Waals surface area contributed by atoms with Crippen molar-refractivity contribution in [2.45, 2.75) is 58.7 Å². The summed E-state index contributed by atoms with van der Waals surface area (Å²) in [4.78, 5) is 0. The minimum absolute atomic E-state index is 0.284. The average molecular weight is 285 g/mol. The lowest BCUT2D eigenvalue weighted by Gasteiger charge is -2.22. The van der Waals surface area contributed by atoms with Crippen LogP contribution in [0.4, 0.5) is 0 Å². The lowest BCUT2D eigenvalue weighted by molar-refractivity contribution is 0.0596. The first-order valence-corrected chi connectivity index (χ1v) is 8.02. The molecule has 0 aliphatic rings. The Morgan fingerprint density at radius 3 is 2.60 bits per heavy atom. The summed E-state index contributed by atoms with van der Waals surface area (Å²) in [5.41, 5.74) is 5.67. The normalized spacial score (nSPS) is 16.4. The van der Waals surface area contributed by atoms with Crippen molar-refractivity contribution in [3.63, 3.8) is 0 Å². The molecular formula is C16H35N3O. The minimum Gasteiger partial charge on any atom is -0.379 e. The SMILES string of the molecule is CCCOC(C)CCC/C=C/CNC(NC)[C@H](C)CN. The van der Waals surface area contributed by atoms with Crippen molar-refractivity contribution in [3.05, 3.63) is 12.2 Å². The zero-order valence-corrected chi connectivity index (χ0v) is 13.8. The molecule has 4 N–H and O–H groups in total. The first-order chi connectivity index (χ1) is 9.65. The molecule has 0 aliphatic carbocycles. The van der Waals surface area contributed by atoms with Gasteiger partial charge in [-0.05, 0) is 52.1 Å². The summed E-state index contributed by atoms with van der Waals surface area (Å²) in [5.74, 6) is 0.435. The van der Waals surface area contributed by atoms with Crippen molar-refractivity contribution in [2.24, 2.45) is 11.7 Å². The van der Waals surface area contributed by atoms with Gasteiger partial charge in [-0.25, -0.2) is 0 Å². The van der Waals surface area contributed by atoms with E-state index in [0.717, 1.165) is 32.4 Å². The summed E-state index contributed by atoms with van der Waals surface area (Å²) >= 11 is 0. The molecule has 0 aromatic heterocycles. The molecule has 4 nitrogen and oxygen atoms in total. The van der Waals surface area contributed by atoms with E-state index in [1.54, 1.807) is 0 Å². The lowest BCUT2D eigenvalue weighted by Crippen LogP contribution is -2.47. The molecule has 0 aromatic carbocycles. The monoisotopic (exact) mass is 285 g/mol. The van der Waals surface area contributed by atoms with Gasteiger partial charge in [-0.15, -0.1) is 0 Å². The van der Waals surface area contributed by atoms with Gasteiger partial charge in [-0.1, -0.05) is 26.0 Å².